The van der Waals surface area contributed by atoms with Crippen LogP contribution < -0.4 is 10.6 Å². The summed E-state index contributed by atoms with van der Waals surface area (Å²) in [5, 5.41) is 6.20. The van der Waals surface area contributed by atoms with E-state index >= 15 is 0 Å². The number of nitrogens with one attached hydrogen (secondary N) is 2. The first-order chi connectivity index (χ1) is 13.2. The number of amides is 2. The largest absolute Gasteiger partial charge is 0.459 e. The van der Waals surface area contributed by atoms with Gasteiger partial charge in [0.2, 0.25) is 0 Å². The van der Waals surface area contributed by atoms with Gasteiger partial charge in [-0.25, -0.2) is 0 Å². The second kappa shape index (κ2) is 7.56. The first-order valence-electron chi connectivity index (χ1n) is 9.60. The van der Waals surface area contributed by atoms with Crippen LogP contribution >= 0.6 is 0 Å². The summed E-state index contributed by atoms with van der Waals surface area (Å²) in [6.07, 6.45) is 6.04. The summed E-state index contributed by atoms with van der Waals surface area (Å²) in [4.78, 5) is 27.0. The number of carbonyl (C=O) groups is 2. The highest BCUT2D eigenvalue weighted by molar-refractivity contribution is 6.03. The Morgan fingerprint density at radius 3 is 2.52 bits per heavy atom. The second-order valence-corrected chi connectivity index (χ2v) is 7.55. The molecule has 3 heterocycles. The van der Waals surface area contributed by atoms with E-state index in [9.17, 15) is 9.59 Å². The monoisotopic (exact) mass is 367 g/mol. The Bertz CT molecular complexity index is 800. The van der Waals surface area contributed by atoms with E-state index in [1.54, 1.807) is 36.4 Å². The molecule has 0 aliphatic carbocycles. The van der Waals surface area contributed by atoms with Crippen molar-refractivity contribution in [1.82, 2.24) is 10.2 Å². The highest BCUT2D eigenvalue weighted by Crippen LogP contribution is 2.39. The molecule has 6 heteroatoms. The van der Waals surface area contributed by atoms with Gasteiger partial charge in [-0.2, -0.15) is 0 Å². The van der Waals surface area contributed by atoms with Crippen molar-refractivity contribution in [1.29, 1.82) is 0 Å². The Hall–Kier alpha value is -2.60. The number of likely N-dealkylation sites (tertiary alicyclic amines) is 1. The van der Waals surface area contributed by atoms with Crippen LogP contribution in [0.15, 0.2) is 47.1 Å². The van der Waals surface area contributed by atoms with Crippen LogP contribution in [0.3, 0.4) is 0 Å². The summed E-state index contributed by atoms with van der Waals surface area (Å²) in [6.45, 7) is 3.79. The molecule has 4 rings (SSSR count). The van der Waals surface area contributed by atoms with E-state index in [0.29, 0.717) is 16.7 Å². The fraction of sp³-hybridized carbons (Fsp3) is 0.429. The molecule has 0 radical (unpaired) electrons. The summed E-state index contributed by atoms with van der Waals surface area (Å²) >= 11 is 0. The summed E-state index contributed by atoms with van der Waals surface area (Å²) in [6, 6.07) is 10.4. The maximum Gasteiger partial charge on any atom is 0.291 e. The van der Waals surface area contributed by atoms with E-state index in [1.165, 1.54) is 19.1 Å². The second-order valence-electron chi connectivity index (χ2n) is 7.55. The quantitative estimate of drug-likeness (QED) is 0.874. The molecule has 1 aromatic heterocycles. The molecule has 2 amide bonds. The Morgan fingerprint density at radius 2 is 1.81 bits per heavy atom. The van der Waals surface area contributed by atoms with Gasteiger partial charge in [-0.15, -0.1) is 0 Å². The number of rotatable bonds is 3. The van der Waals surface area contributed by atoms with Gasteiger partial charge in [0.05, 0.1) is 6.26 Å². The Kier molecular flexibility index (Phi) is 4.99. The van der Waals surface area contributed by atoms with E-state index in [-0.39, 0.29) is 17.6 Å². The van der Waals surface area contributed by atoms with E-state index in [1.807, 2.05) is 4.90 Å². The predicted octanol–water partition coefficient (Wildman–Crippen LogP) is 3.14. The van der Waals surface area contributed by atoms with Crippen molar-refractivity contribution < 1.29 is 14.0 Å². The Labute approximate surface area is 158 Å². The molecule has 1 spiro atoms. The maximum atomic E-state index is 12.9. The molecule has 0 atom stereocenters. The zero-order valence-corrected chi connectivity index (χ0v) is 15.4. The minimum Gasteiger partial charge on any atom is -0.459 e. The van der Waals surface area contributed by atoms with E-state index in [0.717, 1.165) is 39.0 Å². The lowest BCUT2D eigenvalue weighted by Gasteiger charge is -2.44. The molecular weight excluding hydrogens is 342 g/mol. The number of furan rings is 1. The molecule has 0 bridgehead atoms. The molecule has 2 N–H and O–H groups in total. The first kappa shape index (κ1) is 17.8. The first-order valence-corrected chi connectivity index (χ1v) is 9.60. The molecule has 0 saturated carbocycles. The fourth-order valence-corrected chi connectivity index (χ4v) is 4.15. The molecule has 142 valence electrons. The molecule has 6 nitrogen and oxygen atoms in total. The summed E-state index contributed by atoms with van der Waals surface area (Å²) in [5.74, 6) is -0.0432. The van der Waals surface area contributed by atoms with Crippen LogP contribution in [-0.2, 0) is 0 Å². The van der Waals surface area contributed by atoms with Crippen molar-refractivity contribution in [2.24, 2.45) is 5.41 Å². The maximum absolute atomic E-state index is 12.9. The molecule has 2 fully saturated rings. The fourth-order valence-electron chi connectivity index (χ4n) is 4.15. The lowest BCUT2D eigenvalue weighted by atomic mass is 9.71. The molecule has 1 aromatic carbocycles. The predicted molar refractivity (Wildman–Crippen MR) is 103 cm³/mol. The molecule has 27 heavy (non-hydrogen) atoms. The van der Waals surface area contributed by atoms with Gasteiger partial charge in [0.1, 0.15) is 0 Å². The van der Waals surface area contributed by atoms with Crippen LogP contribution in [0.4, 0.5) is 5.69 Å². The third kappa shape index (κ3) is 3.90. The number of piperidine rings is 2. The van der Waals surface area contributed by atoms with Crippen molar-refractivity contribution in [3.05, 3.63) is 54.0 Å². The van der Waals surface area contributed by atoms with Gasteiger partial charge in [-0.05, 0) is 74.5 Å². The zero-order valence-electron chi connectivity index (χ0n) is 15.4. The topological polar surface area (TPSA) is 74.6 Å². The Balaban J connectivity index is 1.40. The standard InChI is InChI=1S/C21H25N3O3/c25-19(18-5-2-14-27-18)23-17-4-1-3-16(15-17)20(26)24-12-8-21(9-13-24)6-10-22-11-7-21/h1-5,14-15,22H,6-13H2,(H,23,25). The normalized spacial score (nSPS) is 19.0. The van der Waals surface area contributed by atoms with Crippen molar-refractivity contribution in [3.8, 4) is 0 Å². The lowest BCUT2D eigenvalue weighted by Crippen LogP contribution is -2.47. The molecule has 2 aromatic rings. The van der Waals surface area contributed by atoms with Crippen LogP contribution in [0.25, 0.3) is 0 Å². The van der Waals surface area contributed by atoms with Crippen LogP contribution in [0.5, 0.6) is 0 Å². The minimum absolute atomic E-state index is 0.0351. The van der Waals surface area contributed by atoms with Gasteiger partial charge in [-0.3, -0.25) is 9.59 Å². The van der Waals surface area contributed by atoms with E-state index < -0.39 is 0 Å². The van der Waals surface area contributed by atoms with Crippen molar-refractivity contribution in [2.75, 3.05) is 31.5 Å². The number of nitrogens with zero attached hydrogens (tertiary/aromatic N) is 1. The lowest BCUT2D eigenvalue weighted by molar-refractivity contribution is 0.0495. The van der Waals surface area contributed by atoms with Crippen molar-refractivity contribution >= 4 is 17.5 Å². The summed E-state index contributed by atoms with van der Waals surface area (Å²) < 4.78 is 5.10. The van der Waals surface area contributed by atoms with Crippen LogP contribution in [0.1, 0.15) is 46.6 Å². The van der Waals surface area contributed by atoms with Crippen molar-refractivity contribution in [2.45, 2.75) is 25.7 Å². The number of hydrogen-bond donors (Lipinski definition) is 2. The van der Waals surface area contributed by atoms with Gasteiger partial charge in [0.25, 0.3) is 11.8 Å². The molecule has 2 aliphatic heterocycles. The minimum atomic E-state index is -0.324. The smallest absolute Gasteiger partial charge is 0.291 e. The van der Waals surface area contributed by atoms with Gasteiger partial charge in [0, 0.05) is 24.3 Å². The molecule has 2 saturated heterocycles. The molecule has 2 aliphatic rings. The van der Waals surface area contributed by atoms with Gasteiger partial charge >= 0.3 is 0 Å². The number of benzene rings is 1. The van der Waals surface area contributed by atoms with Crippen LogP contribution in [-0.4, -0.2) is 42.9 Å². The number of carbonyl (C=O) groups excluding carboxylic acids is 2. The molecular formula is C21H25N3O3. The number of hydrogen-bond acceptors (Lipinski definition) is 4. The summed E-state index contributed by atoms with van der Waals surface area (Å²) in [7, 11) is 0. The summed E-state index contributed by atoms with van der Waals surface area (Å²) in [5.41, 5.74) is 1.61. The number of anilines is 1. The average molecular weight is 367 g/mol. The van der Waals surface area contributed by atoms with Crippen LogP contribution in [0, 0.1) is 5.41 Å². The Morgan fingerprint density at radius 1 is 1.04 bits per heavy atom. The van der Waals surface area contributed by atoms with Gasteiger partial charge in [-0.1, -0.05) is 6.07 Å². The SMILES string of the molecule is O=C(Nc1cccc(C(=O)N2CCC3(CCNCC3)CC2)c1)c1ccco1. The van der Waals surface area contributed by atoms with Crippen molar-refractivity contribution in [3.63, 3.8) is 0 Å². The van der Waals surface area contributed by atoms with Gasteiger partial charge in [0.15, 0.2) is 5.76 Å². The third-order valence-electron chi connectivity index (χ3n) is 5.89. The highest BCUT2D eigenvalue weighted by Gasteiger charge is 2.36. The molecule has 0 unspecified atom stereocenters. The average Bonchev–Trinajstić information content (AvgIpc) is 3.24. The highest BCUT2D eigenvalue weighted by atomic mass is 16.3. The van der Waals surface area contributed by atoms with E-state index in [4.69, 9.17) is 4.42 Å². The van der Waals surface area contributed by atoms with Gasteiger partial charge < -0.3 is 20.0 Å². The third-order valence-corrected chi connectivity index (χ3v) is 5.89. The van der Waals surface area contributed by atoms with Crippen LogP contribution in [0.2, 0.25) is 0 Å². The zero-order chi connectivity index (χ0) is 18.7. The van der Waals surface area contributed by atoms with E-state index in [2.05, 4.69) is 10.6 Å².